The van der Waals surface area contributed by atoms with Crippen LogP contribution in [0.5, 0.6) is 5.75 Å². The Labute approximate surface area is 153 Å². The topological polar surface area (TPSA) is 74.0 Å². The van der Waals surface area contributed by atoms with Gasteiger partial charge in [0.25, 0.3) is 0 Å². The van der Waals surface area contributed by atoms with Gasteiger partial charge < -0.3 is 10.1 Å². The standard InChI is InChI=1S/C17H18BrN5O2/c1-12-7-8-23(21-12)13(2)17(24)20-15-9-19-22(10-15)11-25-16-5-3-14(18)4-6-16/h3-10,13H,11H2,1-2H3,(H,20,24). The summed E-state index contributed by atoms with van der Waals surface area (Å²) < 4.78 is 9.87. The van der Waals surface area contributed by atoms with Crippen molar-refractivity contribution in [2.24, 2.45) is 0 Å². The molecule has 0 saturated heterocycles. The normalized spacial score (nSPS) is 12.0. The molecule has 1 amide bonds. The maximum atomic E-state index is 12.3. The van der Waals surface area contributed by atoms with E-state index in [0.29, 0.717) is 5.69 Å². The van der Waals surface area contributed by atoms with E-state index in [0.717, 1.165) is 15.9 Å². The monoisotopic (exact) mass is 403 g/mol. The van der Waals surface area contributed by atoms with Crippen LogP contribution >= 0.6 is 15.9 Å². The molecular formula is C17H18BrN5O2. The van der Waals surface area contributed by atoms with Gasteiger partial charge in [0.2, 0.25) is 5.91 Å². The summed E-state index contributed by atoms with van der Waals surface area (Å²) in [6, 6.07) is 9.00. The van der Waals surface area contributed by atoms with E-state index in [1.54, 1.807) is 34.9 Å². The van der Waals surface area contributed by atoms with Crippen molar-refractivity contribution in [3.8, 4) is 5.75 Å². The van der Waals surface area contributed by atoms with E-state index in [4.69, 9.17) is 4.74 Å². The number of nitrogens with zero attached hydrogens (tertiary/aromatic N) is 4. The SMILES string of the molecule is Cc1ccn(C(C)C(=O)Nc2cnn(COc3ccc(Br)cc3)c2)n1. The highest BCUT2D eigenvalue weighted by Crippen LogP contribution is 2.17. The molecule has 0 aliphatic carbocycles. The number of aryl methyl sites for hydroxylation is 1. The molecule has 0 aliphatic heterocycles. The number of nitrogens with one attached hydrogen (secondary N) is 1. The van der Waals surface area contributed by atoms with Gasteiger partial charge in [0, 0.05) is 10.7 Å². The van der Waals surface area contributed by atoms with Crippen molar-refractivity contribution in [2.45, 2.75) is 26.6 Å². The molecule has 2 aromatic heterocycles. The summed E-state index contributed by atoms with van der Waals surface area (Å²) in [5, 5.41) is 11.3. The third-order valence-electron chi connectivity index (χ3n) is 3.60. The molecule has 8 heteroatoms. The number of carbonyl (C=O) groups excluding carboxylic acids is 1. The zero-order chi connectivity index (χ0) is 17.8. The van der Waals surface area contributed by atoms with Crippen LogP contribution in [-0.4, -0.2) is 25.5 Å². The number of hydrogen-bond acceptors (Lipinski definition) is 4. The quantitative estimate of drug-likeness (QED) is 0.684. The lowest BCUT2D eigenvalue weighted by Gasteiger charge is -2.11. The number of anilines is 1. The van der Waals surface area contributed by atoms with Crippen molar-refractivity contribution in [1.29, 1.82) is 0 Å². The van der Waals surface area contributed by atoms with E-state index in [9.17, 15) is 4.79 Å². The van der Waals surface area contributed by atoms with Gasteiger partial charge in [0.15, 0.2) is 6.73 Å². The largest absolute Gasteiger partial charge is 0.471 e. The predicted molar refractivity (Wildman–Crippen MR) is 97.3 cm³/mol. The predicted octanol–water partition coefficient (Wildman–Crippen LogP) is 3.39. The molecule has 0 fully saturated rings. The minimum Gasteiger partial charge on any atom is -0.471 e. The van der Waals surface area contributed by atoms with E-state index in [-0.39, 0.29) is 12.6 Å². The highest BCUT2D eigenvalue weighted by Gasteiger charge is 2.16. The molecule has 3 aromatic rings. The van der Waals surface area contributed by atoms with Crippen LogP contribution in [0.4, 0.5) is 5.69 Å². The van der Waals surface area contributed by atoms with Crippen molar-refractivity contribution in [3.63, 3.8) is 0 Å². The van der Waals surface area contributed by atoms with Crippen LogP contribution in [0.3, 0.4) is 0 Å². The molecule has 0 saturated carbocycles. The Balaban J connectivity index is 1.55. The number of amides is 1. The molecule has 0 bridgehead atoms. The van der Waals surface area contributed by atoms with Crippen molar-refractivity contribution >= 4 is 27.5 Å². The summed E-state index contributed by atoms with van der Waals surface area (Å²) >= 11 is 3.38. The van der Waals surface area contributed by atoms with E-state index in [1.165, 1.54) is 0 Å². The Morgan fingerprint density at radius 1 is 1.32 bits per heavy atom. The summed E-state index contributed by atoms with van der Waals surface area (Å²) in [6.45, 7) is 3.94. The number of rotatable bonds is 6. The lowest BCUT2D eigenvalue weighted by molar-refractivity contribution is -0.119. The molecule has 2 heterocycles. The molecule has 0 aliphatic rings. The molecule has 0 radical (unpaired) electrons. The van der Waals surface area contributed by atoms with E-state index >= 15 is 0 Å². The highest BCUT2D eigenvalue weighted by molar-refractivity contribution is 9.10. The molecule has 130 valence electrons. The molecule has 1 N–H and O–H groups in total. The fourth-order valence-electron chi connectivity index (χ4n) is 2.19. The zero-order valence-electron chi connectivity index (χ0n) is 13.9. The molecule has 1 aromatic carbocycles. The molecule has 25 heavy (non-hydrogen) atoms. The fraction of sp³-hybridized carbons (Fsp3) is 0.235. The van der Waals surface area contributed by atoms with Crippen molar-refractivity contribution in [2.75, 3.05) is 5.32 Å². The summed E-state index contributed by atoms with van der Waals surface area (Å²) in [5.74, 6) is 0.587. The summed E-state index contributed by atoms with van der Waals surface area (Å²) in [7, 11) is 0. The lowest BCUT2D eigenvalue weighted by Crippen LogP contribution is -2.23. The van der Waals surface area contributed by atoms with Crippen LogP contribution in [0.1, 0.15) is 18.7 Å². The first-order chi connectivity index (χ1) is 12.0. The summed E-state index contributed by atoms with van der Waals surface area (Å²) in [6.07, 6.45) is 5.09. The zero-order valence-corrected chi connectivity index (χ0v) is 15.5. The molecule has 1 atom stereocenters. The number of carbonyl (C=O) groups is 1. The van der Waals surface area contributed by atoms with Gasteiger partial charge in [-0.15, -0.1) is 0 Å². The molecule has 0 spiro atoms. The minimum atomic E-state index is -0.406. The van der Waals surface area contributed by atoms with Gasteiger partial charge in [-0.05, 0) is 44.2 Å². The number of aromatic nitrogens is 4. The highest BCUT2D eigenvalue weighted by atomic mass is 79.9. The first-order valence-electron chi connectivity index (χ1n) is 7.75. The van der Waals surface area contributed by atoms with Crippen molar-refractivity contribution in [3.05, 3.63) is 59.1 Å². The van der Waals surface area contributed by atoms with Gasteiger partial charge in [-0.1, -0.05) is 15.9 Å². The van der Waals surface area contributed by atoms with Crippen LogP contribution in [0.2, 0.25) is 0 Å². The number of ether oxygens (including phenoxy) is 1. The molecule has 1 unspecified atom stereocenters. The average molecular weight is 404 g/mol. The van der Waals surface area contributed by atoms with Gasteiger partial charge in [-0.25, -0.2) is 4.68 Å². The third kappa shape index (κ3) is 4.48. The van der Waals surface area contributed by atoms with Crippen molar-refractivity contribution in [1.82, 2.24) is 19.6 Å². The minimum absolute atomic E-state index is 0.156. The van der Waals surface area contributed by atoms with Gasteiger partial charge in [-0.2, -0.15) is 10.2 Å². The maximum Gasteiger partial charge on any atom is 0.249 e. The Bertz CT molecular complexity index is 856. The summed E-state index contributed by atoms with van der Waals surface area (Å²) in [5.41, 5.74) is 1.48. The third-order valence-corrected chi connectivity index (χ3v) is 4.12. The first kappa shape index (κ1) is 17.2. The number of halogens is 1. The van der Waals surface area contributed by atoms with Gasteiger partial charge in [0.1, 0.15) is 11.8 Å². The van der Waals surface area contributed by atoms with Gasteiger partial charge >= 0.3 is 0 Å². The van der Waals surface area contributed by atoms with E-state index < -0.39 is 6.04 Å². The lowest BCUT2D eigenvalue weighted by atomic mass is 10.3. The van der Waals surface area contributed by atoms with Crippen molar-refractivity contribution < 1.29 is 9.53 Å². The first-order valence-corrected chi connectivity index (χ1v) is 8.54. The van der Waals surface area contributed by atoms with Gasteiger partial charge in [-0.3, -0.25) is 9.48 Å². The summed E-state index contributed by atoms with van der Waals surface area (Å²) in [4.78, 5) is 12.3. The second-order valence-corrected chi connectivity index (χ2v) is 6.51. The van der Waals surface area contributed by atoms with Crippen LogP contribution in [0.25, 0.3) is 0 Å². The van der Waals surface area contributed by atoms with Crippen LogP contribution in [0, 0.1) is 6.92 Å². The Morgan fingerprint density at radius 2 is 2.08 bits per heavy atom. The second-order valence-electron chi connectivity index (χ2n) is 5.60. The molecular weight excluding hydrogens is 386 g/mol. The second kappa shape index (κ2) is 7.52. The van der Waals surface area contributed by atoms with Gasteiger partial charge in [0.05, 0.1) is 23.8 Å². The van der Waals surface area contributed by atoms with E-state index in [2.05, 4.69) is 31.4 Å². The Kier molecular flexibility index (Phi) is 5.18. The number of hydrogen-bond donors (Lipinski definition) is 1. The average Bonchev–Trinajstić information content (AvgIpc) is 3.22. The Morgan fingerprint density at radius 3 is 2.76 bits per heavy atom. The smallest absolute Gasteiger partial charge is 0.249 e. The fourth-order valence-corrected chi connectivity index (χ4v) is 2.45. The van der Waals surface area contributed by atoms with Crippen LogP contribution in [-0.2, 0) is 11.5 Å². The Hall–Kier alpha value is -2.61. The van der Waals surface area contributed by atoms with Crippen LogP contribution in [0.15, 0.2) is 53.4 Å². The maximum absolute atomic E-state index is 12.3. The van der Waals surface area contributed by atoms with E-state index in [1.807, 2.05) is 37.3 Å². The molecule has 3 rings (SSSR count). The van der Waals surface area contributed by atoms with Crippen LogP contribution < -0.4 is 10.1 Å². The molecule has 7 nitrogen and oxygen atoms in total. The number of benzene rings is 1.